The van der Waals surface area contributed by atoms with E-state index in [0.29, 0.717) is 25.9 Å². The molecule has 0 unspecified atom stereocenters. The van der Waals surface area contributed by atoms with Crippen molar-refractivity contribution in [1.82, 2.24) is 9.03 Å². The molecule has 0 aliphatic carbocycles. The van der Waals surface area contributed by atoms with E-state index in [2.05, 4.69) is 9.88 Å². The van der Waals surface area contributed by atoms with Crippen molar-refractivity contribution in [3.8, 4) is 0 Å². The number of nitrogens with one attached hydrogen (secondary N) is 1. The van der Waals surface area contributed by atoms with Crippen LogP contribution in [0.5, 0.6) is 0 Å². The molecule has 0 amide bonds. The summed E-state index contributed by atoms with van der Waals surface area (Å²) in [5.41, 5.74) is 4.62. The lowest BCUT2D eigenvalue weighted by Crippen LogP contribution is -2.59. The molecule has 1 aliphatic rings. The van der Waals surface area contributed by atoms with Crippen molar-refractivity contribution in [3.63, 3.8) is 0 Å². The summed E-state index contributed by atoms with van der Waals surface area (Å²) in [6.45, 7) is 4.64. The van der Waals surface area contributed by atoms with Crippen LogP contribution in [0, 0.1) is 0 Å². The standard InChI is InChI=1S/C10H22N4O3S/c1-3-10(4-2,9(11)12-15)13-18(16,17)14-7-5-6-8-14/h13,15H,3-8H2,1-2H3,(H2,11,12). The predicted octanol–water partition coefficient (Wildman–Crippen LogP) is 0.222. The van der Waals surface area contributed by atoms with E-state index in [1.165, 1.54) is 4.31 Å². The monoisotopic (exact) mass is 278 g/mol. The van der Waals surface area contributed by atoms with Crippen LogP contribution in [-0.4, -0.2) is 42.4 Å². The van der Waals surface area contributed by atoms with Gasteiger partial charge in [-0.1, -0.05) is 19.0 Å². The number of nitrogens with zero attached hydrogens (tertiary/aromatic N) is 2. The Hall–Kier alpha value is -0.860. The highest BCUT2D eigenvalue weighted by molar-refractivity contribution is 7.87. The molecule has 18 heavy (non-hydrogen) atoms. The topological polar surface area (TPSA) is 108 Å². The number of hydrogen-bond acceptors (Lipinski definition) is 4. The molecule has 0 aromatic rings. The summed E-state index contributed by atoms with van der Waals surface area (Å²) < 4.78 is 28.4. The zero-order valence-corrected chi connectivity index (χ0v) is 11.7. The van der Waals surface area contributed by atoms with Crippen molar-refractivity contribution in [2.75, 3.05) is 13.1 Å². The normalized spacial score (nSPS) is 19.3. The summed E-state index contributed by atoms with van der Waals surface area (Å²) in [6, 6.07) is 0. The maximum Gasteiger partial charge on any atom is 0.280 e. The highest BCUT2D eigenvalue weighted by Gasteiger charge is 2.38. The molecule has 7 nitrogen and oxygen atoms in total. The summed E-state index contributed by atoms with van der Waals surface area (Å²) in [5.74, 6) is -0.102. The molecule has 0 aromatic heterocycles. The zero-order chi connectivity index (χ0) is 13.8. The third-order valence-corrected chi connectivity index (χ3v) is 5.23. The van der Waals surface area contributed by atoms with Crippen LogP contribution in [0.3, 0.4) is 0 Å². The van der Waals surface area contributed by atoms with Gasteiger partial charge in [-0.15, -0.1) is 0 Å². The zero-order valence-electron chi connectivity index (χ0n) is 10.9. The Morgan fingerprint density at radius 3 is 2.28 bits per heavy atom. The van der Waals surface area contributed by atoms with Gasteiger partial charge in [-0.05, 0) is 25.7 Å². The fraction of sp³-hybridized carbons (Fsp3) is 0.900. The number of amidine groups is 1. The minimum absolute atomic E-state index is 0.102. The van der Waals surface area contributed by atoms with Crippen LogP contribution < -0.4 is 10.5 Å². The summed E-state index contributed by atoms with van der Waals surface area (Å²) in [6.07, 6.45) is 2.59. The quantitative estimate of drug-likeness (QED) is 0.279. The first kappa shape index (κ1) is 15.2. The Kier molecular flexibility index (Phi) is 4.94. The lowest BCUT2D eigenvalue weighted by Gasteiger charge is -2.32. The van der Waals surface area contributed by atoms with Gasteiger partial charge in [0.15, 0.2) is 5.84 Å². The van der Waals surface area contributed by atoms with Crippen molar-refractivity contribution >= 4 is 16.0 Å². The van der Waals surface area contributed by atoms with Gasteiger partial charge in [-0.3, -0.25) is 0 Å². The highest BCUT2D eigenvalue weighted by atomic mass is 32.2. The average Bonchev–Trinajstić information content (AvgIpc) is 2.89. The van der Waals surface area contributed by atoms with Crippen LogP contribution in [0.25, 0.3) is 0 Å². The molecule has 1 heterocycles. The van der Waals surface area contributed by atoms with E-state index in [4.69, 9.17) is 10.9 Å². The van der Waals surface area contributed by atoms with E-state index in [0.717, 1.165) is 12.8 Å². The fourth-order valence-electron chi connectivity index (χ4n) is 2.14. The van der Waals surface area contributed by atoms with Crippen molar-refractivity contribution in [3.05, 3.63) is 0 Å². The van der Waals surface area contributed by atoms with E-state index >= 15 is 0 Å². The summed E-state index contributed by atoms with van der Waals surface area (Å²) in [7, 11) is -3.59. The molecule has 0 radical (unpaired) electrons. The summed E-state index contributed by atoms with van der Waals surface area (Å²) in [5, 5.41) is 11.8. The lowest BCUT2D eigenvalue weighted by molar-refractivity contribution is 0.306. The van der Waals surface area contributed by atoms with Gasteiger partial charge in [0.05, 0.1) is 5.54 Å². The number of rotatable bonds is 6. The van der Waals surface area contributed by atoms with Crippen molar-refractivity contribution in [2.24, 2.45) is 10.9 Å². The van der Waals surface area contributed by atoms with Gasteiger partial charge in [0, 0.05) is 13.1 Å². The SMILES string of the molecule is CCC(CC)(NS(=O)(=O)N1CCCC1)/C(N)=N/O. The Morgan fingerprint density at radius 1 is 1.39 bits per heavy atom. The van der Waals surface area contributed by atoms with Crippen molar-refractivity contribution < 1.29 is 13.6 Å². The van der Waals surface area contributed by atoms with Crippen LogP contribution in [0.1, 0.15) is 39.5 Å². The molecule has 0 bridgehead atoms. The fourth-order valence-corrected chi connectivity index (χ4v) is 3.90. The molecule has 1 rings (SSSR count). The van der Waals surface area contributed by atoms with Crippen LogP contribution in [-0.2, 0) is 10.2 Å². The van der Waals surface area contributed by atoms with Gasteiger partial charge in [-0.25, -0.2) is 0 Å². The van der Waals surface area contributed by atoms with E-state index in [-0.39, 0.29) is 5.84 Å². The second-order valence-electron chi connectivity index (χ2n) is 4.49. The smallest absolute Gasteiger partial charge is 0.280 e. The summed E-state index contributed by atoms with van der Waals surface area (Å²) >= 11 is 0. The first-order valence-electron chi connectivity index (χ1n) is 6.19. The van der Waals surface area contributed by atoms with Crippen LogP contribution in [0.15, 0.2) is 5.16 Å². The molecule has 1 fully saturated rings. The molecule has 0 spiro atoms. The van der Waals surface area contributed by atoms with Gasteiger partial charge in [0.2, 0.25) is 0 Å². The molecule has 4 N–H and O–H groups in total. The van der Waals surface area contributed by atoms with Crippen molar-refractivity contribution in [2.45, 2.75) is 45.1 Å². The third-order valence-electron chi connectivity index (χ3n) is 3.53. The average molecular weight is 278 g/mol. The van der Waals surface area contributed by atoms with E-state index in [9.17, 15) is 8.42 Å². The van der Waals surface area contributed by atoms with Crippen molar-refractivity contribution in [1.29, 1.82) is 0 Å². The molecular weight excluding hydrogens is 256 g/mol. The van der Waals surface area contributed by atoms with Crippen LogP contribution >= 0.6 is 0 Å². The molecule has 106 valence electrons. The molecule has 0 atom stereocenters. The predicted molar refractivity (Wildman–Crippen MR) is 69.6 cm³/mol. The number of hydrogen-bond donors (Lipinski definition) is 3. The first-order chi connectivity index (χ1) is 8.41. The molecule has 1 aliphatic heterocycles. The first-order valence-corrected chi connectivity index (χ1v) is 7.63. The maximum absolute atomic E-state index is 12.2. The molecule has 1 saturated heterocycles. The lowest BCUT2D eigenvalue weighted by atomic mass is 9.93. The van der Waals surface area contributed by atoms with Crippen LogP contribution in [0.2, 0.25) is 0 Å². The Morgan fingerprint density at radius 2 is 1.89 bits per heavy atom. The van der Waals surface area contributed by atoms with Gasteiger partial charge < -0.3 is 10.9 Å². The maximum atomic E-state index is 12.2. The van der Waals surface area contributed by atoms with Gasteiger partial charge in [0.1, 0.15) is 0 Å². The molecule has 8 heteroatoms. The number of nitrogens with two attached hydrogens (primary N) is 1. The van der Waals surface area contributed by atoms with E-state index in [1.54, 1.807) is 13.8 Å². The Labute approximate surface area is 108 Å². The van der Waals surface area contributed by atoms with Gasteiger partial charge in [0.25, 0.3) is 10.2 Å². The summed E-state index contributed by atoms with van der Waals surface area (Å²) in [4.78, 5) is 0. The number of oxime groups is 1. The molecule has 0 saturated carbocycles. The second kappa shape index (κ2) is 5.85. The Balaban J connectivity index is 2.96. The van der Waals surface area contributed by atoms with E-state index in [1.807, 2.05) is 0 Å². The molecular formula is C10H22N4O3S. The largest absolute Gasteiger partial charge is 0.409 e. The van der Waals surface area contributed by atoms with Gasteiger partial charge in [-0.2, -0.15) is 17.4 Å². The minimum Gasteiger partial charge on any atom is -0.409 e. The third kappa shape index (κ3) is 2.93. The minimum atomic E-state index is -3.59. The molecule has 0 aromatic carbocycles. The second-order valence-corrected chi connectivity index (χ2v) is 6.16. The highest BCUT2D eigenvalue weighted by Crippen LogP contribution is 2.20. The van der Waals surface area contributed by atoms with Crippen LogP contribution in [0.4, 0.5) is 0 Å². The Bertz CT molecular complexity index is 397. The van der Waals surface area contributed by atoms with Gasteiger partial charge >= 0.3 is 0 Å². The van der Waals surface area contributed by atoms with E-state index < -0.39 is 15.7 Å².